The Labute approximate surface area is 128 Å². The Balaban J connectivity index is 2.34. The predicted molar refractivity (Wildman–Crippen MR) is 82.1 cm³/mol. The largest absolute Gasteiger partial charge is 0.384 e. The number of hydrogen-bond donors (Lipinski definition) is 2. The maximum Gasteiger partial charge on any atom is 0.300 e. The van der Waals surface area contributed by atoms with Gasteiger partial charge >= 0.3 is 0 Å². The maximum atomic E-state index is 12.2. The van der Waals surface area contributed by atoms with Gasteiger partial charge in [0.15, 0.2) is 0 Å². The van der Waals surface area contributed by atoms with Crippen molar-refractivity contribution in [2.24, 2.45) is 0 Å². The fourth-order valence-corrected chi connectivity index (χ4v) is 1.96. The van der Waals surface area contributed by atoms with Gasteiger partial charge in [-0.3, -0.25) is 14.9 Å². The van der Waals surface area contributed by atoms with E-state index in [1.54, 1.807) is 18.2 Å². The minimum atomic E-state index is -0.672. The van der Waals surface area contributed by atoms with Crippen molar-refractivity contribution in [1.82, 2.24) is 4.98 Å². The van der Waals surface area contributed by atoms with Crippen LogP contribution in [0.3, 0.4) is 0 Å². The summed E-state index contributed by atoms with van der Waals surface area (Å²) < 4.78 is 0.902. The highest BCUT2D eigenvalue weighted by Crippen LogP contribution is 2.23. The summed E-state index contributed by atoms with van der Waals surface area (Å²) in [4.78, 5) is 26.1. The number of nitrogens with one attached hydrogen (secondary N) is 1. The smallest absolute Gasteiger partial charge is 0.300 e. The van der Waals surface area contributed by atoms with Gasteiger partial charge < -0.3 is 11.1 Å². The van der Waals surface area contributed by atoms with Crippen LogP contribution in [0.2, 0.25) is 0 Å². The Bertz CT molecular complexity index is 733. The number of nitrogens with zero attached hydrogens (tertiary/aromatic N) is 2. The van der Waals surface area contributed by atoms with Crippen LogP contribution in [0.15, 0.2) is 34.9 Å². The van der Waals surface area contributed by atoms with Gasteiger partial charge in [0.2, 0.25) is 0 Å². The summed E-state index contributed by atoms with van der Waals surface area (Å²) in [6.07, 6.45) is 0.969. The van der Waals surface area contributed by atoms with Gasteiger partial charge in [0, 0.05) is 10.2 Å². The molecule has 0 aliphatic rings. The summed E-state index contributed by atoms with van der Waals surface area (Å²) in [5, 5.41) is 13.5. The molecule has 1 aromatic heterocycles. The molecule has 1 amide bonds. The van der Waals surface area contributed by atoms with Crippen molar-refractivity contribution >= 4 is 39.0 Å². The molecule has 1 heterocycles. The number of halogens is 1. The summed E-state index contributed by atoms with van der Waals surface area (Å²) in [6, 6.07) is 6.39. The molecule has 2 aromatic rings. The zero-order chi connectivity index (χ0) is 15.6. The van der Waals surface area contributed by atoms with Crippen LogP contribution >= 0.6 is 15.9 Å². The van der Waals surface area contributed by atoms with Gasteiger partial charge in [-0.05, 0) is 36.8 Å². The molecule has 21 heavy (non-hydrogen) atoms. The number of nitrogen functional groups attached to an aromatic ring is 1. The molecule has 3 N–H and O–H groups in total. The topological polar surface area (TPSA) is 111 Å². The van der Waals surface area contributed by atoms with Crippen molar-refractivity contribution in [3.8, 4) is 0 Å². The molecule has 1 aromatic carbocycles. The number of nitrogens with two attached hydrogens (primary N) is 1. The highest BCUT2D eigenvalue weighted by molar-refractivity contribution is 9.10. The fraction of sp³-hybridized carbons (Fsp3) is 0.0769. The second-order valence-electron chi connectivity index (χ2n) is 4.30. The second kappa shape index (κ2) is 5.88. The van der Waals surface area contributed by atoms with E-state index < -0.39 is 16.5 Å². The SMILES string of the molecule is Cc1cc(NC(=O)c2cc(N)ncc2[N+](=O)[O-])ccc1Br. The molecule has 0 saturated carbocycles. The molecule has 0 atom stereocenters. The van der Waals surface area contributed by atoms with E-state index in [9.17, 15) is 14.9 Å². The highest BCUT2D eigenvalue weighted by atomic mass is 79.9. The number of aromatic nitrogens is 1. The van der Waals surface area contributed by atoms with Crippen LogP contribution in [0.1, 0.15) is 15.9 Å². The quantitative estimate of drug-likeness (QED) is 0.652. The summed E-state index contributed by atoms with van der Waals surface area (Å²) in [6.45, 7) is 1.87. The number of anilines is 2. The van der Waals surface area contributed by atoms with Crippen LogP contribution in [0.25, 0.3) is 0 Å². The Kier molecular flexibility index (Phi) is 4.18. The molecule has 0 saturated heterocycles. The lowest BCUT2D eigenvalue weighted by atomic mass is 10.2. The number of benzene rings is 1. The van der Waals surface area contributed by atoms with Gasteiger partial charge in [-0.2, -0.15) is 0 Å². The molecule has 2 rings (SSSR count). The Morgan fingerprint density at radius 3 is 2.76 bits per heavy atom. The first-order chi connectivity index (χ1) is 9.88. The van der Waals surface area contributed by atoms with Crippen LogP contribution in [0.4, 0.5) is 17.2 Å². The normalized spacial score (nSPS) is 10.2. The van der Waals surface area contributed by atoms with E-state index in [2.05, 4.69) is 26.2 Å². The van der Waals surface area contributed by atoms with Gasteiger partial charge in [0.25, 0.3) is 11.6 Å². The van der Waals surface area contributed by atoms with Gasteiger partial charge in [-0.15, -0.1) is 0 Å². The number of aryl methyl sites for hydroxylation is 1. The predicted octanol–water partition coefficient (Wildman–Crippen LogP) is 2.90. The van der Waals surface area contributed by atoms with Crippen LogP contribution in [-0.4, -0.2) is 15.8 Å². The first kappa shape index (κ1) is 14.9. The average Bonchev–Trinajstić information content (AvgIpc) is 2.42. The lowest BCUT2D eigenvalue weighted by Gasteiger charge is -2.08. The minimum absolute atomic E-state index is 0.0396. The Hall–Kier alpha value is -2.48. The zero-order valence-corrected chi connectivity index (χ0v) is 12.5. The number of rotatable bonds is 3. The van der Waals surface area contributed by atoms with Crippen LogP contribution in [0, 0.1) is 17.0 Å². The van der Waals surface area contributed by atoms with Crippen LogP contribution in [0.5, 0.6) is 0 Å². The first-order valence-corrected chi connectivity index (χ1v) is 6.65. The van der Waals surface area contributed by atoms with Crippen molar-refractivity contribution in [2.75, 3.05) is 11.1 Å². The summed E-state index contributed by atoms with van der Waals surface area (Å²) in [5.74, 6) is -0.574. The van der Waals surface area contributed by atoms with E-state index in [0.717, 1.165) is 16.2 Å². The molecule has 0 radical (unpaired) electrons. The Morgan fingerprint density at radius 1 is 1.43 bits per heavy atom. The second-order valence-corrected chi connectivity index (χ2v) is 5.16. The summed E-state index contributed by atoms with van der Waals surface area (Å²) in [7, 11) is 0. The number of hydrogen-bond acceptors (Lipinski definition) is 5. The molecule has 0 aliphatic heterocycles. The molecule has 108 valence electrons. The molecule has 0 fully saturated rings. The highest BCUT2D eigenvalue weighted by Gasteiger charge is 2.21. The fourth-order valence-electron chi connectivity index (χ4n) is 1.71. The number of nitro groups is 1. The minimum Gasteiger partial charge on any atom is -0.384 e. The lowest BCUT2D eigenvalue weighted by Crippen LogP contribution is -2.15. The molecule has 0 spiro atoms. The zero-order valence-electron chi connectivity index (χ0n) is 11.0. The van der Waals surface area contributed by atoms with Crippen molar-refractivity contribution in [1.29, 1.82) is 0 Å². The Morgan fingerprint density at radius 2 is 2.14 bits per heavy atom. The molecular formula is C13H11BrN4O3. The molecular weight excluding hydrogens is 340 g/mol. The van der Waals surface area contributed by atoms with Crippen molar-refractivity contribution in [3.05, 3.63) is 56.2 Å². The van der Waals surface area contributed by atoms with E-state index in [0.29, 0.717) is 5.69 Å². The van der Waals surface area contributed by atoms with Crippen molar-refractivity contribution in [3.63, 3.8) is 0 Å². The third-order valence-electron chi connectivity index (χ3n) is 2.76. The average molecular weight is 351 g/mol. The third kappa shape index (κ3) is 3.34. The number of pyridine rings is 1. The van der Waals surface area contributed by atoms with E-state index in [1.165, 1.54) is 6.07 Å². The van der Waals surface area contributed by atoms with Gasteiger partial charge in [0.1, 0.15) is 17.6 Å². The van der Waals surface area contributed by atoms with Gasteiger partial charge in [-0.1, -0.05) is 15.9 Å². The standard InChI is InChI=1S/C13H11BrN4O3/c1-7-4-8(2-3-10(7)14)17-13(19)9-5-12(15)16-6-11(9)18(20)21/h2-6H,1H3,(H2,15,16)(H,17,19). The number of carbonyl (C=O) groups is 1. The number of carbonyl (C=O) groups excluding carboxylic acids is 1. The molecule has 0 bridgehead atoms. The van der Waals surface area contributed by atoms with E-state index >= 15 is 0 Å². The number of amides is 1. The van der Waals surface area contributed by atoms with Gasteiger partial charge in [0.05, 0.1) is 4.92 Å². The van der Waals surface area contributed by atoms with E-state index in [-0.39, 0.29) is 11.4 Å². The van der Waals surface area contributed by atoms with Gasteiger partial charge in [-0.25, -0.2) is 4.98 Å². The monoisotopic (exact) mass is 350 g/mol. The summed E-state index contributed by atoms with van der Waals surface area (Å²) in [5.41, 5.74) is 6.42. The van der Waals surface area contributed by atoms with Crippen molar-refractivity contribution < 1.29 is 9.72 Å². The van der Waals surface area contributed by atoms with Crippen LogP contribution < -0.4 is 11.1 Å². The van der Waals surface area contributed by atoms with E-state index in [1.807, 2.05) is 6.92 Å². The molecule has 0 aliphatic carbocycles. The molecule has 7 nitrogen and oxygen atoms in total. The summed E-state index contributed by atoms with van der Waals surface area (Å²) >= 11 is 3.35. The lowest BCUT2D eigenvalue weighted by molar-refractivity contribution is -0.385. The maximum absolute atomic E-state index is 12.2. The van der Waals surface area contributed by atoms with E-state index in [4.69, 9.17) is 5.73 Å². The first-order valence-electron chi connectivity index (χ1n) is 5.86. The van der Waals surface area contributed by atoms with Crippen molar-refractivity contribution in [2.45, 2.75) is 6.92 Å². The van der Waals surface area contributed by atoms with Crippen LogP contribution in [-0.2, 0) is 0 Å². The third-order valence-corrected chi connectivity index (χ3v) is 3.65. The molecule has 8 heteroatoms. The molecule has 0 unspecified atom stereocenters.